The van der Waals surface area contributed by atoms with Crippen LogP contribution in [0.25, 0.3) is 0 Å². The predicted molar refractivity (Wildman–Crippen MR) is 68.5 cm³/mol. The molecule has 0 amide bonds. The molecule has 0 aromatic heterocycles. The molecule has 0 aliphatic heterocycles. The van der Waals surface area contributed by atoms with E-state index in [9.17, 15) is 5.11 Å². The first-order valence-electron chi connectivity index (χ1n) is 5.29. The van der Waals surface area contributed by atoms with Gasteiger partial charge < -0.3 is 5.11 Å². The van der Waals surface area contributed by atoms with Crippen molar-refractivity contribution in [3.63, 3.8) is 0 Å². The van der Waals surface area contributed by atoms with Gasteiger partial charge in [-0.05, 0) is 23.0 Å². The third-order valence-electron chi connectivity index (χ3n) is 2.52. The quantitative estimate of drug-likeness (QED) is 0.829. The van der Waals surface area contributed by atoms with Crippen molar-refractivity contribution in [1.82, 2.24) is 0 Å². The highest BCUT2D eigenvalue weighted by atomic mass is 79.9. The highest BCUT2D eigenvalue weighted by molar-refractivity contribution is 9.09. The summed E-state index contributed by atoms with van der Waals surface area (Å²) in [6.07, 6.45) is 0.403. The van der Waals surface area contributed by atoms with Crippen LogP contribution >= 0.6 is 15.9 Å². The van der Waals surface area contributed by atoms with Crippen LogP contribution in [0.15, 0.2) is 24.3 Å². The Morgan fingerprint density at radius 2 is 2.00 bits per heavy atom. The van der Waals surface area contributed by atoms with Gasteiger partial charge in [-0.15, -0.1) is 0 Å². The predicted octanol–water partition coefficient (Wildman–Crippen LogP) is 3.80. The van der Waals surface area contributed by atoms with Crippen molar-refractivity contribution in [3.05, 3.63) is 35.4 Å². The van der Waals surface area contributed by atoms with Crippen LogP contribution in [0.1, 0.15) is 44.4 Å². The molecule has 1 atom stereocenters. The Morgan fingerprint density at radius 3 is 2.53 bits per heavy atom. The van der Waals surface area contributed by atoms with Crippen molar-refractivity contribution < 1.29 is 5.11 Å². The number of hydrogen-bond acceptors (Lipinski definition) is 1. The summed E-state index contributed by atoms with van der Waals surface area (Å²) in [5.41, 5.74) is 2.43. The van der Waals surface area contributed by atoms with E-state index < -0.39 is 0 Å². The van der Waals surface area contributed by atoms with Gasteiger partial charge in [0.05, 0.1) is 6.10 Å². The monoisotopic (exact) mass is 270 g/mol. The Bertz CT molecular complexity index is 315. The molecular weight excluding hydrogens is 252 g/mol. The summed E-state index contributed by atoms with van der Waals surface area (Å²) < 4.78 is 0. The van der Waals surface area contributed by atoms with Gasteiger partial charge in [-0.2, -0.15) is 0 Å². The number of aliphatic hydroxyl groups is 1. The zero-order chi connectivity index (χ0) is 11.5. The lowest BCUT2D eigenvalue weighted by atomic mass is 9.85. The maximum absolute atomic E-state index is 9.88. The fraction of sp³-hybridized carbons (Fsp3) is 0.538. The first kappa shape index (κ1) is 12.7. The average molecular weight is 271 g/mol. The second-order valence-corrected chi connectivity index (χ2v) is 5.66. The zero-order valence-corrected chi connectivity index (χ0v) is 11.2. The number of hydrogen-bond donors (Lipinski definition) is 1. The SMILES string of the molecule is CC(C)(C)c1cccc(C(O)CCBr)c1. The molecule has 1 aromatic carbocycles. The van der Waals surface area contributed by atoms with Gasteiger partial charge in [0.25, 0.3) is 0 Å². The minimum Gasteiger partial charge on any atom is -0.388 e. The molecule has 0 bridgehead atoms. The zero-order valence-electron chi connectivity index (χ0n) is 9.63. The molecule has 0 spiro atoms. The number of rotatable bonds is 3. The molecule has 0 aliphatic rings. The Morgan fingerprint density at radius 1 is 1.33 bits per heavy atom. The van der Waals surface area contributed by atoms with E-state index in [1.54, 1.807) is 0 Å². The molecule has 1 rings (SSSR count). The smallest absolute Gasteiger partial charge is 0.0798 e. The normalized spacial score (nSPS) is 13.9. The third kappa shape index (κ3) is 3.62. The van der Waals surface area contributed by atoms with Gasteiger partial charge in [-0.25, -0.2) is 0 Å². The van der Waals surface area contributed by atoms with Crippen LogP contribution in [0.4, 0.5) is 0 Å². The molecule has 0 saturated heterocycles. The van der Waals surface area contributed by atoms with Crippen LogP contribution in [0, 0.1) is 0 Å². The maximum atomic E-state index is 9.88. The Labute approximate surface area is 101 Å². The fourth-order valence-corrected chi connectivity index (χ4v) is 1.92. The highest BCUT2D eigenvalue weighted by Gasteiger charge is 2.15. The molecule has 1 N–H and O–H groups in total. The number of halogens is 1. The lowest BCUT2D eigenvalue weighted by Crippen LogP contribution is -2.12. The summed E-state index contributed by atoms with van der Waals surface area (Å²) >= 11 is 3.35. The fourth-order valence-electron chi connectivity index (χ4n) is 1.48. The second-order valence-electron chi connectivity index (χ2n) is 4.87. The van der Waals surface area contributed by atoms with Crippen LogP contribution in [-0.2, 0) is 5.41 Å². The van der Waals surface area contributed by atoms with E-state index in [0.29, 0.717) is 0 Å². The largest absolute Gasteiger partial charge is 0.388 e. The van der Waals surface area contributed by atoms with Crippen molar-refractivity contribution in [3.8, 4) is 0 Å². The molecule has 0 radical (unpaired) electrons. The van der Waals surface area contributed by atoms with Crippen LogP contribution in [0.2, 0.25) is 0 Å². The van der Waals surface area contributed by atoms with E-state index in [0.717, 1.165) is 17.3 Å². The maximum Gasteiger partial charge on any atom is 0.0798 e. The van der Waals surface area contributed by atoms with Gasteiger partial charge in [0, 0.05) is 5.33 Å². The van der Waals surface area contributed by atoms with E-state index in [1.807, 2.05) is 12.1 Å². The first-order chi connectivity index (χ1) is 6.95. The Balaban J connectivity index is 2.92. The number of benzene rings is 1. The Kier molecular flexibility index (Phi) is 4.35. The van der Waals surface area contributed by atoms with E-state index in [4.69, 9.17) is 0 Å². The van der Waals surface area contributed by atoms with E-state index in [-0.39, 0.29) is 11.5 Å². The highest BCUT2D eigenvalue weighted by Crippen LogP contribution is 2.26. The molecule has 2 heteroatoms. The summed E-state index contributed by atoms with van der Waals surface area (Å²) in [7, 11) is 0. The van der Waals surface area contributed by atoms with Crippen LogP contribution in [0.5, 0.6) is 0 Å². The molecule has 1 unspecified atom stereocenters. The second kappa shape index (κ2) is 5.13. The van der Waals surface area contributed by atoms with Gasteiger partial charge in [-0.1, -0.05) is 61.0 Å². The van der Waals surface area contributed by atoms with Gasteiger partial charge in [-0.3, -0.25) is 0 Å². The summed E-state index contributed by atoms with van der Waals surface area (Å²) in [6.45, 7) is 6.55. The van der Waals surface area contributed by atoms with Crippen molar-refractivity contribution in [2.75, 3.05) is 5.33 Å². The lowest BCUT2D eigenvalue weighted by molar-refractivity contribution is 0.175. The summed E-state index contributed by atoms with van der Waals surface area (Å²) in [5, 5.41) is 10.7. The van der Waals surface area contributed by atoms with E-state index >= 15 is 0 Å². The molecule has 0 saturated carbocycles. The van der Waals surface area contributed by atoms with Gasteiger partial charge in [0.1, 0.15) is 0 Å². The average Bonchev–Trinajstić information content (AvgIpc) is 2.17. The van der Waals surface area contributed by atoms with Crippen molar-refractivity contribution >= 4 is 15.9 Å². The molecule has 0 heterocycles. The number of aliphatic hydroxyl groups excluding tert-OH is 1. The van der Waals surface area contributed by atoms with Gasteiger partial charge >= 0.3 is 0 Å². The van der Waals surface area contributed by atoms with Crippen molar-refractivity contribution in [2.45, 2.75) is 38.7 Å². The minimum atomic E-state index is -0.355. The standard InChI is InChI=1S/C13H19BrO/c1-13(2,3)11-6-4-5-10(9-11)12(15)7-8-14/h4-6,9,12,15H,7-8H2,1-3H3. The number of alkyl halides is 1. The molecule has 0 aliphatic carbocycles. The Hall–Kier alpha value is -0.340. The van der Waals surface area contributed by atoms with Gasteiger partial charge in [0.2, 0.25) is 0 Å². The van der Waals surface area contributed by atoms with Crippen molar-refractivity contribution in [1.29, 1.82) is 0 Å². The van der Waals surface area contributed by atoms with E-state index in [2.05, 4.69) is 48.8 Å². The third-order valence-corrected chi connectivity index (χ3v) is 2.98. The van der Waals surface area contributed by atoms with Crippen LogP contribution < -0.4 is 0 Å². The summed E-state index contributed by atoms with van der Waals surface area (Å²) in [5.74, 6) is 0. The molecule has 84 valence electrons. The molecule has 1 aromatic rings. The van der Waals surface area contributed by atoms with E-state index in [1.165, 1.54) is 5.56 Å². The minimum absolute atomic E-state index is 0.143. The van der Waals surface area contributed by atoms with Gasteiger partial charge in [0.15, 0.2) is 0 Å². The van der Waals surface area contributed by atoms with Crippen molar-refractivity contribution in [2.24, 2.45) is 0 Å². The van der Waals surface area contributed by atoms with Crippen LogP contribution in [0.3, 0.4) is 0 Å². The summed E-state index contributed by atoms with van der Waals surface area (Å²) in [4.78, 5) is 0. The summed E-state index contributed by atoms with van der Waals surface area (Å²) in [6, 6.07) is 8.23. The van der Waals surface area contributed by atoms with Crippen LogP contribution in [-0.4, -0.2) is 10.4 Å². The topological polar surface area (TPSA) is 20.2 Å². The molecular formula is C13H19BrO. The molecule has 1 nitrogen and oxygen atoms in total. The molecule has 0 fully saturated rings. The lowest BCUT2D eigenvalue weighted by Gasteiger charge is -2.20. The first-order valence-corrected chi connectivity index (χ1v) is 6.42. The molecule has 15 heavy (non-hydrogen) atoms.